The van der Waals surface area contributed by atoms with Crippen molar-refractivity contribution < 1.29 is 21.9 Å². The van der Waals surface area contributed by atoms with E-state index in [1.165, 1.54) is 6.33 Å². The molecule has 1 aromatic heterocycles. The predicted molar refractivity (Wildman–Crippen MR) is 97.7 cm³/mol. The average Bonchev–Trinajstić information content (AvgIpc) is 3.15. The van der Waals surface area contributed by atoms with Crippen molar-refractivity contribution >= 4 is 21.6 Å². The number of nitrogens with zero attached hydrogens (tertiary/aromatic N) is 3. The number of halogens is 3. The van der Waals surface area contributed by atoms with Crippen LogP contribution in [0.25, 0.3) is 0 Å². The molecule has 1 N–H and O–H groups in total. The Morgan fingerprint density at radius 1 is 1.18 bits per heavy atom. The molecule has 0 aliphatic rings. The van der Waals surface area contributed by atoms with Crippen LogP contribution in [0.3, 0.4) is 0 Å². The van der Waals surface area contributed by atoms with Crippen LogP contribution >= 0.6 is 11.6 Å². The van der Waals surface area contributed by atoms with Gasteiger partial charge in [0.15, 0.2) is 0 Å². The minimum Gasteiger partial charge on any atom is -0.433 e. The van der Waals surface area contributed by atoms with Gasteiger partial charge >= 0.3 is 6.61 Å². The minimum absolute atomic E-state index is 0.0279. The third kappa shape index (κ3) is 5.03. The molecule has 0 fully saturated rings. The third-order valence-electron chi connectivity index (χ3n) is 3.80. The molecule has 0 spiro atoms. The second-order valence-corrected chi connectivity index (χ2v) is 7.83. The maximum Gasteiger partial charge on any atom is 0.387 e. The number of rotatable bonds is 8. The van der Waals surface area contributed by atoms with Crippen LogP contribution in [0.4, 0.5) is 8.78 Å². The highest BCUT2D eigenvalue weighted by atomic mass is 35.5. The molecule has 148 valence electrons. The van der Waals surface area contributed by atoms with Gasteiger partial charge in [-0.1, -0.05) is 35.9 Å². The van der Waals surface area contributed by atoms with Gasteiger partial charge in [-0.2, -0.15) is 13.9 Å². The van der Waals surface area contributed by atoms with Crippen LogP contribution < -0.4 is 9.46 Å². The van der Waals surface area contributed by atoms with Gasteiger partial charge in [0.05, 0.1) is 16.5 Å². The Morgan fingerprint density at radius 2 is 1.93 bits per heavy atom. The zero-order chi connectivity index (χ0) is 20.1. The van der Waals surface area contributed by atoms with Crippen LogP contribution in [0.2, 0.25) is 5.02 Å². The second kappa shape index (κ2) is 8.63. The molecule has 2 aromatic carbocycles. The van der Waals surface area contributed by atoms with Crippen molar-refractivity contribution in [1.29, 1.82) is 0 Å². The van der Waals surface area contributed by atoms with Crippen molar-refractivity contribution in [3.8, 4) is 5.75 Å². The van der Waals surface area contributed by atoms with Crippen LogP contribution in [-0.2, 0) is 23.1 Å². The van der Waals surface area contributed by atoms with Crippen molar-refractivity contribution in [1.82, 2.24) is 19.5 Å². The Bertz CT molecular complexity index is 1050. The maximum atomic E-state index is 12.5. The van der Waals surface area contributed by atoms with Gasteiger partial charge in [-0.25, -0.2) is 22.8 Å². The standard InChI is InChI=1S/C17H15ClF2N4O3S/c18-15-7-14(5-6-16(15)27-17(19)20)28(25,26)23-8-12-3-1-2-4-13(12)9-24-11-21-10-22-24/h1-7,10-11,17,23H,8-9H2. The molecule has 0 amide bonds. The summed E-state index contributed by atoms with van der Waals surface area (Å²) in [6.45, 7) is -2.59. The lowest BCUT2D eigenvalue weighted by molar-refractivity contribution is -0.0498. The van der Waals surface area contributed by atoms with Crippen molar-refractivity contribution in [3.63, 3.8) is 0 Å². The molecule has 28 heavy (non-hydrogen) atoms. The second-order valence-electron chi connectivity index (χ2n) is 5.66. The summed E-state index contributed by atoms with van der Waals surface area (Å²) in [6.07, 6.45) is 2.97. The number of sulfonamides is 1. The molecule has 0 bridgehead atoms. The molecule has 0 atom stereocenters. The molecule has 3 rings (SSSR count). The summed E-state index contributed by atoms with van der Waals surface area (Å²) in [6, 6.07) is 10.6. The number of hydrogen-bond acceptors (Lipinski definition) is 5. The predicted octanol–water partition coefficient (Wildman–Crippen LogP) is 3.06. The summed E-state index contributed by atoms with van der Waals surface area (Å²) in [4.78, 5) is 3.72. The number of alkyl halides is 2. The Labute approximate surface area is 165 Å². The summed E-state index contributed by atoms with van der Waals surface area (Å²) >= 11 is 5.84. The van der Waals surface area contributed by atoms with E-state index < -0.39 is 16.6 Å². The van der Waals surface area contributed by atoms with Crippen LogP contribution in [0.1, 0.15) is 11.1 Å². The quantitative estimate of drug-likeness (QED) is 0.596. The average molecular weight is 429 g/mol. The van der Waals surface area contributed by atoms with E-state index in [0.29, 0.717) is 6.54 Å². The molecule has 11 heteroatoms. The molecule has 0 radical (unpaired) electrons. The van der Waals surface area contributed by atoms with Gasteiger partial charge in [-0.15, -0.1) is 0 Å². The highest BCUT2D eigenvalue weighted by Crippen LogP contribution is 2.28. The Morgan fingerprint density at radius 3 is 2.57 bits per heavy atom. The summed E-state index contributed by atoms with van der Waals surface area (Å²) in [7, 11) is -3.92. The molecular formula is C17H15ClF2N4O3S. The summed E-state index contributed by atoms with van der Waals surface area (Å²) in [5.74, 6) is -0.297. The number of hydrogen-bond donors (Lipinski definition) is 1. The fourth-order valence-electron chi connectivity index (χ4n) is 2.47. The highest BCUT2D eigenvalue weighted by Gasteiger charge is 2.18. The van der Waals surface area contributed by atoms with E-state index in [9.17, 15) is 17.2 Å². The molecule has 0 unspecified atom stereocenters. The molecule has 1 heterocycles. The zero-order valence-electron chi connectivity index (χ0n) is 14.3. The first-order chi connectivity index (χ1) is 13.3. The van der Waals surface area contributed by atoms with E-state index in [4.69, 9.17) is 11.6 Å². The van der Waals surface area contributed by atoms with Gasteiger partial charge in [0.1, 0.15) is 18.4 Å². The van der Waals surface area contributed by atoms with Crippen LogP contribution in [-0.4, -0.2) is 29.8 Å². The topological polar surface area (TPSA) is 86.1 Å². The van der Waals surface area contributed by atoms with Gasteiger partial charge in [0.25, 0.3) is 0 Å². The first kappa shape index (κ1) is 20.2. The Balaban J connectivity index is 1.74. The van der Waals surface area contributed by atoms with E-state index in [1.54, 1.807) is 23.1 Å². The largest absolute Gasteiger partial charge is 0.433 e. The third-order valence-corrected chi connectivity index (χ3v) is 5.49. The number of aromatic nitrogens is 3. The lowest BCUT2D eigenvalue weighted by atomic mass is 10.1. The molecular weight excluding hydrogens is 414 g/mol. The van der Waals surface area contributed by atoms with E-state index in [-0.39, 0.29) is 22.2 Å². The van der Waals surface area contributed by atoms with Crippen LogP contribution in [0.5, 0.6) is 5.75 Å². The first-order valence-corrected chi connectivity index (χ1v) is 9.84. The fourth-order valence-corrected chi connectivity index (χ4v) is 3.79. The van der Waals surface area contributed by atoms with E-state index in [0.717, 1.165) is 29.3 Å². The monoisotopic (exact) mass is 428 g/mol. The van der Waals surface area contributed by atoms with Crippen molar-refractivity contribution in [3.05, 3.63) is 71.3 Å². The van der Waals surface area contributed by atoms with Crippen LogP contribution in [0, 0.1) is 0 Å². The van der Waals surface area contributed by atoms with Gasteiger partial charge in [-0.3, -0.25) is 0 Å². The fraction of sp³-hybridized carbons (Fsp3) is 0.176. The smallest absolute Gasteiger partial charge is 0.387 e. The van der Waals surface area contributed by atoms with Crippen LogP contribution in [0.15, 0.2) is 60.0 Å². The molecule has 3 aromatic rings. The van der Waals surface area contributed by atoms with Crippen molar-refractivity contribution in [2.24, 2.45) is 0 Å². The maximum absolute atomic E-state index is 12.5. The number of nitrogens with one attached hydrogen (secondary N) is 1. The lowest BCUT2D eigenvalue weighted by Gasteiger charge is -2.12. The summed E-state index contributed by atoms with van der Waals surface area (Å²) in [5.41, 5.74) is 1.62. The van der Waals surface area contributed by atoms with Gasteiger partial charge < -0.3 is 4.74 Å². The Kier molecular flexibility index (Phi) is 6.22. The zero-order valence-corrected chi connectivity index (χ0v) is 15.9. The highest BCUT2D eigenvalue weighted by molar-refractivity contribution is 7.89. The number of benzene rings is 2. The minimum atomic E-state index is -3.92. The number of ether oxygens (including phenoxy) is 1. The normalized spacial score (nSPS) is 11.7. The molecule has 0 aliphatic carbocycles. The first-order valence-electron chi connectivity index (χ1n) is 7.98. The van der Waals surface area contributed by atoms with Gasteiger partial charge in [-0.05, 0) is 29.3 Å². The summed E-state index contributed by atoms with van der Waals surface area (Å²) in [5, 5.41) is 3.81. The lowest BCUT2D eigenvalue weighted by Crippen LogP contribution is -2.24. The summed E-state index contributed by atoms with van der Waals surface area (Å²) < 4.78 is 58.0. The molecule has 7 nitrogen and oxygen atoms in total. The van der Waals surface area contributed by atoms with Crippen molar-refractivity contribution in [2.45, 2.75) is 24.6 Å². The van der Waals surface area contributed by atoms with E-state index in [2.05, 4.69) is 19.5 Å². The Hall–Kier alpha value is -2.56. The van der Waals surface area contributed by atoms with E-state index in [1.807, 2.05) is 12.1 Å². The van der Waals surface area contributed by atoms with E-state index >= 15 is 0 Å². The van der Waals surface area contributed by atoms with Gasteiger partial charge in [0.2, 0.25) is 10.0 Å². The molecule has 0 saturated heterocycles. The SMILES string of the molecule is O=S(=O)(NCc1ccccc1Cn1cncn1)c1ccc(OC(F)F)c(Cl)c1. The molecule has 0 aliphatic heterocycles. The molecule has 0 saturated carbocycles. The van der Waals surface area contributed by atoms with Gasteiger partial charge in [0, 0.05) is 6.54 Å². The van der Waals surface area contributed by atoms with Crippen molar-refractivity contribution in [2.75, 3.05) is 0 Å².